The number of hydrogen-bond acceptors (Lipinski definition) is 1. The molecule has 1 aliphatic carbocycles. The fourth-order valence-electron chi connectivity index (χ4n) is 2.87. The first-order valence-corrected chi connectivity index (χ1v) is 8.21. The Morgan fingerprint density at radius 1 is 0.850 bits per heavy atom. The molecule has 1 fully saturated rings. The predicted octanol–water partition coefficient (Wildman–Crippen LogP) is 6.11. The molecular formula is C18H19BrO. The van der Waals surface area contributed by atoms with Gasteiger partial charge in [-0.1, -0.05) is 59.1 Å². The number of hydrogen-bond donors (Lipinski definition) is 0. The third-order valence-electron chi connectivity index (χ3n) is 3.99. The second-order valence-electron chi connectivity index (χ2n) is 5.43. The van der Waals surface area contributed by atoms with E-state index in [0.29, 0.717) is 4.83 Å². The lowest BCUT2D eigenvalue weighted by Crippen LogP contribution is -2.02. The molecule has 2 aromatic carbocycles. The van der Waals surface area contributed by atoms with Gasteiger partial charge in [0.05, 0.1) is 0 Å². The molecule has 3 rings (SSSR count). The molecule has 1 atom stereocenters. The molecule has 0 saturated heterocycles. The van der Waals surface area contributed by atoms with Crippen molar-refractivity contribution >= 4 is 15.9 Å². The van der Waals surface area contributed by atoms with E-state index < -0.39 is 0 Å². The Labute approximate surface area is 129 Å². The van der Waals surface area contributed by atoms with E-state index in [9.17, 15) is 0 Å². The zero-order chi connectivity index (χ0) is 13.8. The zero-order valence-electron chi connectivity index (χ0n) is 11.5. The van der Waals surface area contributed by atoms with Crippen molar-refractivity contribution in [3.8, 4) is 11.5 Å². The van der Waals surface area contributed by atoms with Crippen molar-refractivity contribution in [1.29, 1.82) is 0 Å². The molecule has 2 heteroatoms. The van der Waals surface area contributed by atoms with Crippen LogP contribution < -0.4 is 4.74 Å². The molecule has 0 radical (unpaired) electrons. The molecule has 0 bridgehead atoms. The van der Waals surface area contributed by atoms with Gasteiger partial charge in [0.2, 0.25) is 0 Å². The summed E-state index contributed by atoms with van der Waals surface area (Å²) >= 11 is 3.86. The maximum atomic E-state index is 5.82. The smallest absolute Gasteiger partial charge is 0.127 e. The number of para-hydroxylation sites is 1. The summed E-state index contributed by atoms with van der Waals surface area (Å²) in [5, 5.41) is 0. The van der Waals surface area contributed by atoms with Gasteiger partial charge in [0.15, 0.2) is 0 Å². The number of rotatable bonds is 4. The minimum Gasteiger partial charge on any atom is -0.457 e. The van der Waals surface area contributed by atoms with E-state index in [4.69, 9.17) is 4.74 Å². The zero-order valence-corrected chi connectivity index (χ0v) is 13.1. The molecule has 104 valence electrons. The molecule has 0 aromatic heterocycles. The van der Waals surface area contributed by atoms with Gasteiger partial charge in [0.1, 0.15) is 11.5 Å². The van der Waals surface area contributed by atoms with E-state index in [1.54, 1.807) is 0 Å². The maximum absolute atomic E-state index is 5.82. The molecule has 0 aliphatic heterocycles. The maximum Gasteiger partial charge on any atom is 0.127 e. The Bertz CT molecular complexity index is 529. The topological polar surface area (TPSA) is 9.23 Å². The summed E-state index contributed by atoms with van der Waals surface area (Å²) in [7, 11) is 0. The normalized spacial score (nSPS) is 17.1. The first-order valence-electron chi connectivity index (χ1n) is 7.30. The van der Waals surface area contributed by atoms with Crippen molar-refractivity contribution in [2.24, 2.45) is 5.92 Å². The third-order valence-corrected chi connectivity index (χ3v) is 5.27. The molecule has 0 N–H and O–H groups in total. The molecule has 0 spiro atoms. The van der Waals surface area contributed by atoms with Gasteiger partial charge in [-0.3, -0.25) is 0 Å². The van der Waals surface area contributed by atoms with Crippen LogP contribution in [-0.2, 0) is 0 Å². The Morgan fingerprint density at radius 3 is 2.10 bits per heavy atom. The van der Waals surface area contributed by atoms with E-state index in [2.05, 4.69) is 40.2 Å². The van der Waals surface area contributed by atoms with Gasteiger partial charge in [-0.2, -0.15) is 0 Å². The fraction of sp³-hybridized carbons (Fsp3) is 0.333. The van der Waals surface area contributed by atoms with E-state index in [-0.39, 0.29) is 0 Å². The molecule has 1 nitrogen and oxygen atoms in total. The van der Waals surface area contributed by atoms with Crippen LogP contribution in [0.5, 0.6) is 11.5 Å². The van der Waals surface area contributed by atoms with Gasteiger partial charge in [-0.15, -0.1) is 0 Å². The van der Waals surface area contributed by atoms with Gasteiger partial charge in [-0.05, 0) is 48.6 Å². The predicted molar refractivity (Wildman–Crippen MR) is 86.6 cm³/mol. The van der Waals surface area contributed by atoms with Crippen molar-refractivity contribution in [2.45, 2.75) is 30.5 Å². The summed E-state index contributed by atoms with van der Waals surface area (Å²) in [6, 6.07) is 18.4. The van der Waals surface area contributed by atoms with Gasteiger partial charge in [0.25, 0.3) is 0 Å². The minimum atomic E-state index is 0.482. The Balaban J connectivity index is 1.68. The highest BCUT2D eigenvalue weighted by atomic mass is 79.9. The van der Waals surface area contributed by atoms with Crippen LogP contribution in [0.3, 0.4) is 0 Å². The number of ether oxygens (including phenoxy) is 1. The first kappa shape index (κ1) is 13.7. The standard InChI is InChI=1S/C18H19BrO/c19-18(14-6-4-5-7-14)15-10-12-17(13-11-15)20-16-8-2-1-3-9-16/h1-3,8-14,18H,4-7H2. The van der Waals surface area contributed by atoms with Crippen molar-refractivity contribution in [3.63, 3.8) is 0 Å². The highest BCUT2D eigenvalue weighted by molar-refractivity contribution is 9.09. The van der Waals surface area contributed by atoms with Crippen molar-refractivity contribution in [2.75, 3.05) is 0 Å². The second-order valence-corrected chi connectivity index (χ2v) is 6.42. The fourth-order valence-corrected chi connectivity index (χ4v) is 3.70. The Morgan fingerprint density at radius 2 is 1.45 bits per heavy atom. The lowest BCUT2D eigenvalue weighted by molar-refractivity contribution is 0.481. The molecule has 1 unspecified atom stereocenters. The molecule has 20 heavy (non-hydrogen) atoms. The molecule has 2 aromatic rings. The molecule has 0 amide bonds. The average molecular weight is 331 g/mol. The van der Waals surface area contributed by atoms with Gasteiger partial charge < -0.3 is 4.74 Å². The van der Waals surface area contributed by atoms with Crippen LogP contribution in [0.15, 0.2) is 54.6 Å². The summed E-state index contributed by atoms with van der Waals surface area (Å²) in [6.45, 7) is 0. The number of halogens is 1. The van der Waals surface area contributed by atoms with E-state index in [0.717, 1.165) is 17.4 Å². The molecule has 1 saturated carbocycles. The summed E-state index contributed by atoms with van der Waals surface area (Å²) in [5.74, 6) is 2.56. The molecule has 0 heterocycles. The Hall–Kier alpha value is -1.28. The van der Waals surface area contributed by atoms with E-state index in [1.165, 1.54) is 31.2 Å². The average Bonchev–Trinajstić information content (AvgIpc) is 3.03. The van der Waals surface area contributed by atoms with Crippen molar-refractivity contribution in [3.05, 3.63) is 60.2 Å². The summed E-state index contributed by atoms with van der Waals surface area (Å²) in [4.78, 5) is 0.482. The second kappa shape index (κ2) is 6.45. The van der Waals surface area contributed by atoms with Crippen molar-refractivity contribution in [1.82, 2.24) is 0 Å². The highest BCUT2D eigenvalue weighted by Crippen LogP contribution is 2.41. The lowest BCUT2D eigenvalue weighted by atomic mass is 9.98. The van der Waals surface area contributed by atoms with Crippen LogP contribution in [0, 0.1) is 5.92 Å². The van der Waals surface area contributed by atoms with E-state index in [1.807, 2.05) is 30.3 Å². The van der Waals surface area contributed by atoms with Crippen LogP contribution in [0.25, 0.3) is 0 Å². The van der Waals surface area contributed by atoms with Crippen LogP contribution in [0.2, 0.25) is 0 Å². The SMILES string of the molecule is BrC(c1ccc(Oc2ccccc2)cc1)C1CCCC1. The lowest BCUT2D eigenvalue weighted by Gasteiger charge is -2.17. The summed E-state index contributed by atoms with van der Waals surface area (Å²) < 4.78 is 5.82. The van der Waals surface area contributed by atoms with Gasteiger partial charge in [0, 0.05) is 4.83 Å². The van der Waals surface area contributed by atoms with Crippen LogP contribution in [-0.4, -0.2) is 0 Å². The van der Waals surface area contributed by atoms with Crippen molar-refractivity contribution < 1.29 is 4.74 Å². The van der Waals surface area contributed by atoms with Gasteiger partial charge >= 0.3 is 0 Å². The quantitative estimate of drug-likeness (QED) is 0.615. The first-order chi connectivity index (χ1) is 9.83. The van der Waals surface area contributed by atoms with Crippen LogP contribution in [0.4, 0.5) is 0 Å². The summed E-state index contributed by atoms with van der Waals surface area (Å²) in [6.07, 6.45) is 5.44. The van der Waals surface area contributed by atoms with Crippen LogP contribution >= 0.6 is 15.9 Å². The number of benzene rings is 2. The van der Waals surface area contributed by atoms with Gasteiger partial charge in [-0.25, -0.2) is 0 Å². The molecular weight excluding hydrogens is 312 g/mol. The number of alkyl halides is 1. The largest absolute Gasteiger partial charge is 0.457 e. The van der Waals surface area contributed by atoms with Crippen LogP contribution in [0.1, 0.15) is 36.1 Å². The Kier molecular flexibility index (Phi) is 4.41. The minimum absolute atomic E-state index is 0.482. The third kappa shape index (κ3) is 3.24. The van der Waals surface area contributed by atoms with E-state index >= 15 is 0 Å². The summed E-state index contributed by atoms with van der Waals surface area (Å²) in [5.41, 5.74) is 1.36. The molecule has 1 aliphatic rings. The monoisotopic (exact) mass is 330 g/mol. The highest BCUT2D eigenvalue weighted by Gasteiger charge is 2.23.